The normalized spacial score (nSPS) is 12.6. The summed E-state index contributed by atoms with van der Waals surface area (Å²) >= 11 is 0. The van der Waals surface area contributed by atoms with Crippen molar-refractivity contribution in [2.75, 3.05) is 0 Å². The molecule has 1 amide bonds. The second-order valence-corrected chi connectivity index (χ2v) is 3.27. The fourth-order valence-corrected chi connectivity index (χ4v) is 1.25. The Hall–Kier alpha value is -1.93. The van der Waals surface area contributed by atoms with Gasteiger partial charge in [-0.3, -0.25) is 4.79 Å². The number of primary amides is 1. The van der Waals surface area contributed by atoms with E-state index in [1.54, 1.807) is 0 Å². The van der Waals surface area contributed by atoms with Gasteiger partial charge in [-0.05, 0) is 12.1 Å². The Morgan fingerprint density at radius 3 is 1.72 bits per heavy atom. The molecule has 0 aliphatic rings. The van der Waals surface area contributed by atoms with Crippen LogP contribution in [0.4, 0.5) is 26.3 Å². The van der Waals surface area contributed by atoms with Gasteiger partial charge < -0.3 is 10.8 Å². The van der Waals surface area contributed by atoms with Crippen LogP contribution in [0.3, 0.4) is 0 Å². The third kappa shape index (κ3) is 2.66. The number of hydrogen-bond acceptors (Lipinski definition) is 2. The van der Waals surface area contributed by atoms with Crippen LogP contribution < -0.4 is 5.73 Å². The van der Waals surface area contributed by atoms with Gasteiger partial charge in [-0.25, -0.2) is 0 Å². The Labute approximate surface area is 95.8 Å². The largest absolute Gasteiger partial charge is 0.507 e. The number of phenols is 1. The van der Waals surface area contributed by atoms with Gasteiger partial charge in [0.25, 0.3) is 5.91 Å². The summed E-state index contributed by atoms with van der Waals surface area (Å²) in [5.74, 6) is -2.73. The molecular formula is C9H5F6NO2. The zero-order valence-corrected chi connectivity index (χ0v) is 8.36. The zero-order valence-electron chi connectivity index (χ0n) is 8.36. The Morgan fingerprint density at radius 2 is 1.39 bits per heavy atom. The molecule has 1 rings (SSSR count). The monoisotopic (exact) mass is 273 g/mol. The number of hydrogen-bond donors (Lipinski definition) is 2. The summed E-state index contributed by atoms with van der Waals surface area (Å²) in [7, 11) is 0. The van der Waals surface area contributed by atoms with Gasteiger partial charge in [-0.15, -0.1) is 0 Å². The van der Waals surface area contributed by atoms with Gasteiger partial charge in [-0.2, -0.15) is 26.3 Å². The average Bonchev–Trinajstić information content (AvgIpc) is 2.13. The standard InChI is InChI=1S/C9H5F6NO2/c10-8(11,12)4-1-3(7(16)18)6(17)2-5(4)9(13,14)15/h1-2,17H,(H2,16,18). The lowest BCUT2D eigenvalue weighted by molar-refractivity contribution is -0.162. The van der Waals surface area contributed by atoms with Crippen molar-refractivity contribution in [3.63, 3.8) is 0 Å². The maximum atomic E-state index is 12.4. The van der Waals surface area contributed by atoms with Crippen LogP contribution in [0.2, 0.25) is 0 Å². The molecule has 0 saturated heterocycles. The third-order valence-electron chi connectivity index (χ3n) is 2.01. The van der Waals surface area contributed by atoms with Gasteiger partial charge in [0.15, 0.2) is 0 Å². The van der Waals surface area contributed by atoms with Crippen molar-refractivity contribution >= 4 is 5.91 Å². The third-order valence-corrected chi connectivity index (χ3v) is 2.01. The SMILES string of the molecule is NC(=O)c1cc(C(F)(F)F)c(C(F)(F)F)cc1O. The number of benzene rings is 1. The molecule has 0 radical (unpaired) electrons. The van der Waals surface area contributed by atoms with Crippen LogP contribution in [0.25, 0.3) is 0 Å². The summed E-state index contributed by atoms with van der Waals surface area (Å²) in [5.41, 5.74) is -0.561. The summed E-state index contributed by atoms with van der Waals surface area (Å²) in [6, 6.07) is -0.302. The molecule has 1 aromatic rings. The highest BCUT2D eigenvalue weighted by Gasteiger charge is 2.44. The van der Waals surface area contributed by atoms with E-state index in [-0.39, 0.29) is 12.1 Å². The van der Waals surface area contributed by atoms with E-state index >= 15 is 0 Å². The fourth-order valence-electron chi connectivity index (χ4n) is 1.25. The van der Waals surface area contributed by atoms with Gasteiger partial charge in [0, 0.05) is 0 Å². The maximum Gasteiger partial charge on any atom is 0.417 e. The molecule has 0 aliphatic carbocycles. The summed E-state index contributed by atoms with van der Waals surface area (Å²) in [6.07, 6.45) is -10.7. The molecule has 0 unspecified atom stereocenters. The van der Waals surface area contributed by atoms with Crippen molar-refractivity contribution in [1.29, 1.82) is 0 Å². The van der Waals surface area contributed by atoms with Crippen LogP contribution >= 0.6 is 0 Å². The van der Waals surface area contributed by atoms with Gasteiger partial charge in [0.05, 0.1) is 16.7 Å². The molecule has 0 bridgehead atoms. The van der Waals surface area contributed by atoms with Crippen LogP contribution in [0.1, 0.15) is 21.5 Å². The van der Waals surface area contributed by atoms with E-state index < -0.39 is 40.7 Å². The summed E-state index contributed by atoms with van der Waals surface area (Å²) in [4.78, 5) is 10.7. The average molecular weight is 273 g/mol. The molecule has 0 atom stereocenters. The molecule has 100 valence electrons. The lowest BCUT2D eigenvalue weighted by Gasteiger charge is -2.16. The molecule has 18 heavy (non-hydrogen) atoms. The highest BCUT2D eigenvalue weighted by atomic mass is 19.4. The van der Waals surface area contributed by atoms with E-state index in [9.17, 15) is 31.1 Å². The number of alkyl halides is 6. The van der Waals surface area contributed by atoms with E-state index in [0.29, 0.717) is 0 Å². The first-order chi connectivity index (χ1) is 7.94. The minimum Gasteiger partial charge on any atom is -0.507 e. The first kappa shape index (κ1) is 14.1. The van der Waals surface area contributed by atoms with Gasteiger partial charge in [0.2, 0.25) is 0 Å². The minimum absolute atomic E-state index is 0.125. The lowest BCUT2D eigenvalue weighted by atomic mass is 10.0. The van der Waals surface area contributed by atoms with E-state index in [0.717, 1.165) is 0 Å². The smallest absolute Gasteiger partial charge is 0.417 e. The van der Waals surface area contributed by atoms with Crippen molar-refractivity contribution in [2.24, 2.45) is 5.73 Å². The number of aromatic hydroxyl groups is 1. The van der Waals surface area contributed by atoms with Crippen molar-refractivity contribution in [1.82, 2.24) is 0 Å². The number of nitrogens with two attached hydrogens (primary N) is 1. The topological polar surface area (TPSA) is 63.3 Å². The Bertz CT molecular complexity index is 491. The number of halogens is 6. The van der Waals surface area contributed by atoms with Gasteiger partial charge in [-0.1, -0.05) is 0 Å². The maximum absolute atomic E-state index is 12.4. The van der Waals surface area contributed by atoms with Crippen LogP contribution in [-0.4, -0.2) is 11.0 Å². The van der Waals surface area contributed by atoms with Crippen molar-refractivity contribution < 1.29 is 36.2 Å². The van der Waals surface area contributed by atoms with E-state index in [4.69, 9.17) is 5.11 Å². The first-order valence-corrected chi connectivity index (χ1v) is 4.26. The lowest BCUT2D eigenvalue weighted by Crippen LogP contribution is -2.19. The summed E-state index contributed by atoms with van der Waals surface area (Å²) in [5, 5.41) is 9.05. The van der Waals surface area contributed by atoms with Crippen molar-refractivity contribution in [2.45, 2.75) is 12.4 Å². The Morgan fingerprint density at radius 1 is 1.00 bits per heavy atom. The molecule has 1 aromatic carbocycles. The quantitative estimate of drug-likeness (QED) is 0.772. The Balaban J connectivity index is 3.64. The van der Waals surface area contributed by atoms with Crippen LogP contribution in [-0.2, 0) is 12.4 Å². The number of carbonyl (C=O) groups excluding carboxylic acids is 1. The van der Waals surface area contributed by atoms with Crippen LogP contribution in [0.5, 0.6) is 5.75 Å². The predicted octanol–water partition coefficient (Wildman–Crippen LogP) is 2.53. The predicted molar refractivity (Wildman–Crippen MR) is 46.6 cm³/mol. The molecule has 3 nitrogen and oxygen atoms in total. The summed E-state index contributed by atoms with van der Waals surface area (Å²) in [6.45, 7) is 0. The Kier molecular flexibility index (Phi) is 3.20. The summed E-state index contributed by atoms with van der Waals surface area (Å²) < 4.78 is 74.4. The molecule has 0 heterocycles. The van der Waals surface area contributed by atoms with E-state index in [1.165, 1.54) is 0 Å². The molecule has 9 heteroatoms. The number of rotatable bonds is 1. The first-order valence-electron chi connectivity index (χ1n) is 4.26. The second kappa shape index (κ2) is 4.07. The molecule has 0 fully saturated rings. The van der Waals surface area contributed by atoms with E-state index in [2.05, 4.69) is 5.73 Å². The van der Waals surface area contributed by atoms with E-state index in [1.807, 2.05) is 0 Å². The highest BCUT2D eigenvalue weighted by molar-refractivity contribution is 5.95. The molecular weight excluding hydrogens is 268 g/mol. The van der Waals surface area contributed by atoms with Gasteiger partial charge >= 0.3 is 12.4 Å². The van der Waals surface area contributed by atoms with Crippen molar-refractivity contribution in [3.05, 3.63) is 28.8 Å². The van der Waals surface area contributed by atoms with Gasteiger partial charge in [0.1, 0.15) is 5.75 Å². The second-order valence-electron chi connectivity index (χ2n) is 3.27. The molecule has 0 spiro atoms. The van der Waals surface area contributed by atoms with Crippen LogP contribution in [0.15, 0.2) is 12.1 Å². The van der Waals surface area contributed by atoms with Crippen molar-refractivity contribution in [3.8, 4) is 5.75 Å². The highest BCUT2D eigenvalue weighted by Crippen LogP contribution is 2.42. The molecule has 0 aromatic heterocycles. The number of carbonyl (C=O) groups is 1. The number of amides is 1. The zero-order chi connectivity index (χ0) is 14.3. The molecule has 3 N–H and O–H groups in total. The molecule has 0 aliphatic heterocycles. The fraction of sp³-hybridized carbons (Fsp3) is 0.222. The van der Waals surface area contributed by atoms with Crippen LogP contribution in [0, 0.1) is 0 Å². The minimum atomic E-state index is -5.33. The molecule has 0 saturated carbocycles.